The summed E-state index contributed by atoms with van der Waals surface area (Å²) in [5.74, 6) is -0.203. The number of nitrogens with one attached hydrogen (secondary N) is 2. The summed E-state index contributed by atoms with van der Waals surface area (Å²) >= 11 is 0. The third-order valence-corrected chi connectivity index (χ3v) is 2.39. The van der Waals surface area contributed by atoms with Crippen molar-refractivity contribution in [2.75, 3.05) is 6.54 Å². The van der Waals surface area contributed by atoms with Crippen LogP contribution in [0.3, 0.4) is 0 Å². The molecule has 1 aromatic heterocycles. The largest absolute Gasteiger partial charge is 0.392 e. The zero-order valence-electron chi connectivity index (χ0n) is 10.2. The average molecular weight is 239 g/mol. The van der Waals surface area contributed by atoms with E-state index in [2.05, 4.69) is 15.3 Å². The van der Waals surface area contributed by atoms with Crippen LogP contribution < -0.4 is 11.0 Å². The van der Waals surface area contributed by atoms with E-state index >= 15 is 0 Å². The molecular weight excluding hydrogens is 222 g/mol. The summed E-state index contributed by atoms with van der Waals surface area (Å²) in [5, 5.41) is 11.6. The lowest BCUT2D eigenvalue weighted by Crippen LogP contribution is -2.32. The Morgan fingerprint density at radius 1 is 1.53 bits per heavy atom. The van der Waals surface area contributed by atoms with Crippen molar-refractivity contribution in [3.8, 4) is 0 Å². The molecule has 0 radical (unpaired) electrons. The van der Waals surface area contributed by atoms with Crippen molar-refractivity contribution in [2.24, 2.45) is 0 Å². The lowest BCUT2D eigenvalue weighted by atomic mass is 10.1. The van der Waals surface area contributed by atoms with Gasteiger partial charge in [-0.25, -0.2) is 4.79 Å². The van der Waals surface area contributed by atoms with E-state index in [1.807, 2.05) is 0 Å². The van der Waals surface area contributed by atoms with E-state index in [4.69, 9.17) is 5.11 Å². The second kappa shape index (κ2) is 5.58. The SMILES string of the molecule is Cc1nc(=O)[nH]c(C)c1CC(=O)NCC(C)O. The van der Waals surface area contributed by atoms with Crippen LogP contribution in [0.5, 0.6) is 0 Å². The van der Waals surface area contributed by atoms with E-state index in [0.29, 0.717) is 17.0 Å². The maximum absolute atomic E-state index is 11.6. The highest BCUT2D eigenvalue weighted by molar-refractivity contribution is 5.79. The van der Waals surface area contributed by atoms with Crippen molar-refractivity contribution < 1.29 is 9.90 Å². The number of amides is 1. The summed E-state index contributed by atoms with van der Waals surface area (Å²) in [6.45, 7) is 5.24. The van der Waals surface area contributed by atoms with Crippen LogP contribution >= 0.6 is 0 Å². The van der Waals surface area contributed by atoms with Crippen LogP contribution in [0.25, 0.3) is 0 Å². The Bertz CT molecular complexity index is 439. The Hall–Kier alpha value is -1.69. The molecule has 1 heterocycles. The summed E-state index contributed by atoms with van der Waals surface area (Å²) in [6, 6.07) is 0. The highest BCUT2D eigenvalue weighted by Gasteiger charge is 2.11. The molecule has 3 N–H and O–H groups in total. The standard InChI is InChI=1S/C11H17N3O3/c1-6(15)5-12-10(16)4-9-7(2)13-11(17)14-8(9)3/h6,15H,4-5H2,1-3H3,(H,12,16)(H,13,14,17). The number of rotatable bonds is 4. The Labute approximate surface area is 99.1 Å². The molecule has 1 atom stereocenters. The lowest BCUT2D eigenvalue weighted by molar-refractivity contribution is -0.120. The van der Waals surface area contributed by atoms with E-state index in [0.717, 1.165) is 0 Å². The Balaban J connectivity index is 2.75. The quantitative estimate of drug-likeness (QED) is 0.655. The Kier molecular flexibility index (Phi) is 4.39. The Morgan fingerprint density at radius 2 is 2.18 bits per heavy atom. The van der Waals surface area contributed by atoms with Crippen molar-refractivity contribution in [1.29, 1.82) is 0 Å². The fourth-order valence-corrected chi connectivity index (χ4v) is 1.50. The second-order valence-electron chi connectivity index (χ2n) is 4.06. The van der Waals surface area contributed by atoms with Crippen molar-refractivity contribution in [3.05, 3.63) is 27.4 Å². The number of aliphatic hydroxyl groups excluding tert-OH is 1. The predicted octanol–water partition coefficient (Wildman–Crippen LogP) is -0.574. The monoisotopic (exact) mass is 239 g/mol. The molecule has 0 aliphatic heterocycles. The molecular formula is C11H17N3O3. The van der Waals surface area contributed by atoms with Crippen LogP contribution in [0.2, 0.25) is 0 Å². The average Bonchev–Trinajstić information content (AvgIpc) is 2.20. The van der Waals surface area contributed by atoms with E-state index < -0.39 is 11.8 Å². The molecule has 0 saturated heterocycles. The molecule has 0 spiro atoms. The zero-order valence-corrected chi connectivity index (χ0v) is 10.2. The molecule has 0 aromatic carbocycles. The van der Waals surface area contributed by atoms with Crippen molar-refractivity contribution in [2.45, 2.75) is 33.3 Å². The second-order valence-corrected chi connectivity index (χ2v) is 4.06. The van der Waals surface area contributed by atoms with Gasteiger partial charge in [0.25, 0.3) is 0 Å². The van der Waals surface area contributed by atoms with Crippen LogP contribution in [-0.4, -0.2) is 33.6 Å². The summed E-state index contributed by atoms with van der Waals surface area (Å²) < 4.78 is 0. The van der Waals surface area contributed by atoms with Gasteiger partial charge < -0.3 is 15.4 Å². The number of carbonyl (C=O) groups is 1. The van der Waals surface area contributed by atoms with E-state index in [-0.39, 0.29) is 18.9 Å². The van der Waals surface area contributed by atoms with Gasteiger partial charge in [0.15, 0.2) is 0 Å². The number of aromatic nitrogens is 2. The third-order valence-electron chi connectivity index (χ3n) is 2.39. The number of nitrogens with zero attached hydrogens (tertiary/aromatic N) is 1. The molecule has 6 nitrogen and oxygen atoms in total. The topological polar surface area (TPSA) is 95.1 Å². The summed E-state index contributed by atoms with van der Waals surface area (Å²) in [7, 11) is 0. The molecule has 17 heavy (non-hydrogen) atoms. The molecule has 0 aliphatic rings. The molecule has 94 valence electrons. The van der Waals surface area contributed by atoms with Gasteiger partial charge in [-0.3, -0.25) is 4.79 Å². The smallest absolute Gasteiger partial charge is 0.345 e. The number of aryl methyl sites for hydroxylation is 2. The van der Waals surface area contributed by atoms with Crippen LogP contribution in [0.1, 0.15) is 23.9 Å². The first-order chi connectivity index (χ1) is 7.90. The minimum Gasteiger partial charge on any atom is -0.392 e. The number of H-pyrrole nitrogens is 1. The highest BCUT2D eigenvalue weighted by atomic mass is 16.3. The number of carbonyl (C=O) groups excluding carboxylic acids is 1. The molecule has 0 fully saturated rings. The molecule has 0 saturated carbocycles. The Morgan fingerprint density at radius 3 is 2.71 bits per heavy atom. The van der Waals surface area contributed by atoms with Crippen molar-refractivity contribution in [3.63, 3.8) is 0 Å². The number of hydrogen-bond acceptors (Lipinski definition) is 4. The summed E-state index contributed by atoms with van der Waals surface area (Å²) in [5.41, 5.74) is 1.51. The van der Waals surface area contributed by atoms with Gasteiger partial charge in [0, 0.05) is 23.5 Å². The fraction of sp³-hybridized carbons (Fsp3) is 0.545. The van der Waals surface area contributed by atoms with Crippen molar-refractivity contribution >= 4 is 5.91 Å². The maximum atomic E-state index is 11.6. The van der Waals surface area contributed by atoms with Crippen LogP contribution in [0.15, 0.2) is 4.79 Å². The van der Waals surface area contributed by atoms with Gasteiger partial charge in [-0.05, 0) is 20.8 Å². The molecule has 1 unspecified atom stereocenters. The summed E-state index contributed by atoms with van der Waals surface area (Å²) in [6.07, 6.45) is -0.427. The normalized spacial score (nSPS) is 12.2. The van der Waals surface area contributed by atoms with Crippen LogP contribution in [0, 0.1) is 13.8 Å². The first-order valence-corrected chi connectivity index (χ1v) is 5.41. The highest BCUT2D eigenvalue weighted by Crippen LogP contribution is 2.07. The number of aliphatic hydroxyl groups is 1. The molecule has 1 rings (SSSR count). The van der Waals surface area contributed by atoms with Crippen LogP contribution in [0.4, 0.5) is 0 Å². The van der Waals surface area contributed by atoms with Gasteiger partial charge in [-0.2, -0.15) is 4.98 Å². The first-order valence-electron chi connectivity index (χ1n) is 5.41. The van der Waals surface area contributed by atoms with Gasteiger partial charge in [-0.15, -0.1) is 0 Å². The maximum Gasteiger partial charge on any atom is 0.345 e. The molecule has 0 aliphatic carbocycles. The zero-order chi connectivity index (χ0) is 13.0. The molecule has 0 bridgehead atoms. The minimum absolute atomic E-state index is 0.147. The van der Waals surface area contributed by atoms with E-state index in [1.54, 1.807) is 20.8 Å². The van der Waals surface area contributed by atoms with Crippen molar-refractivity contribution in [1.82, 2.24) is 15.3 Å². The lowest BCUT2D eigenvalue weighted by Gasteiger charge is -2.10. The van der Waals surface area contributed by atoms with Gasteiger partial charge >= 0.3 is 5.69 Å². The minimum atomic E-state index is -0.574. The molecule has 1 amide bonds. The van der Waals surface area contributed by atoms with Gasteiger partial charge in [0.05, 0.1) is 12.5 Å². The van der Waals surface area contributed by atoms with Gasteiger partial charge in [0.2, 0.25) is 5.91 Å². The molecule has 6 heteroatoms. The molecule has 1 aromatic rings. The van der Waals surface area contributed by atoms with E-state index in [1.165, 1.54) is 0 Å². The number of aromatic amines is 1. The van der Waals surface area contributed by atoms with Gasteiger partial charge in [-0.1, -0.05) is 0 Å². The van der Waals surface area contributed by atoms with E-state index in [9.17, 15) is 9.59 Å². The van der Waals surface area contributed by atoms with Gasteiger partial charge in [0.1, 0.15) is 0 Å². The first kappa shape index (κ1) is 13.4. The van der Waals surface area contributed by atoms with Crippen LogP contribution in [-0.2, 0) is 11.2 Å². The number of hydrogen-bond donors (Lipinski definition) is 3. The third kappa shape index (κ3) is 3.99. The summed E-state index contributed by atoms with van der Waals surface area (Å²) in [4.78, 5) is 28.9. The predicted molar refractivity (Wildman–Crippen MR) is 62.7 cm³/mol. The fourth-order valence-electron chi connectivity index (χ4n) is 1.50.